The predicted molar refractivity (Wildman–Crippen MR) is 128 cm³/mol. The van der Waals surface area contributed by atoms with Gasteiger partial charge in [-0.15, -0.1) is 0 Å². The topological polar surface area (TPSA) is 138 Å². The van der Waals surface area contributed by atoms with E-state index < -0.39 is 40.6 Å². The summed E-state index contributed by atoms with van der Waals surface area (Å²) in [6.07, 6.45) is 6.24. The Morgan fingerprint density at radius 2 is 1.54 bits per heavy atom. The van der Waals surface area contributed by atoms with Gasteiger partial charge in [0.15, 0.2) is 11.2 Å². The molecule has 0 aliphatic rings. The van der Waals surface area contributed by atoms with E-state index in [1.165, 1.54) is 37.0 Å². The number of carbonyl (C=O) groups excluding carboxylic acids is 2. The van der Waals surface area contributed by atoms with Crippen molar-refractivity contribution in [2.75, 3.05) is 20.8 Å². The van der Waals surface area contributed by atoms with Crippen molar-refractivity contribution in [1.29, 1.82) is 0 Å². The fourth-order valence-corrected chi connectivity index (χ4v) is 3.23. The van der Waals surface area contributed by atoms with E-state index in [2.05, 4.69) is 9.47 Å². The third kappa shape index (κ3) is 6.89. The van der Waals surface area contributed by atoms with Gasteiger partial charge in [0.2, 0.25) is 5.43 Å². The molecule has 0 fully saturated rings. The molecule has 1 heterocycles. The van der Waals surface area contributed by atoms with Crippen LogP contribution in [0.2, 0.25) is 0 Å². The standard InChI is InChI=1S/C25H27NO9/c1-15(24(31)33-3)7-5-11-26-18-9-10-20(27)22(35-12-6-8-16(2)25(32)34-4)13-17(18)21(28)14-19(26)23(29)30/h5-10,13-16H,11-12H2,1-4H3,(H,29,30)/b7-5+,8-6+. The first-order chi connectivity index (χ1) is 16.6. The molecule has 10 heteroatoms. The van der Waals surface area contributed by atoms with Crippen molar-refractivity contribution in [3.05, 3.63) is 74.7 Å². The molecular formula is C25H27NO9. The lowest BCUT2D eigenvalue weighted by molar-refractivity contribution is -0.144. The van der Waals surface area contributed by atoms with Crippen LogP contribution < -0.4 is 15.6 Å². The minimum absolute atomic E-state index is 0.0162. The molecule has 186 valence electrons. The van der Waals surface area contributed by atoms with Gasteiger partial charge in [-0.1, -0.05) is 24.3 Å². The number of methoxy groups -OCH3 is 2. The molecule has 2 atom stereocenters. The molecule has 2 aromatic rings. The molecule has 0 radical (unpaired) electrons. The highest BCUT2D eigenvalue weighted by Crippen LogP contribution is 2.16. The van der Waals surface area contributed by atoms with Crippen molar-refractivity contribution in [2.45, 2.75) is 20.4 Å². The van der Waals surface area contributed by atoms with Crippen LogP contribution >= 0.6 is 0 Å². The molecule has 2 unspecified atom stereocenters. The molecule has 1 aromatic carbocycles. The number of pyridine rings is 1. The van der Waals surface area contributed by atoms with E-state index in [-0.39, 0.29) is 35.5 Å². The van der Waals surface area contributed by atoms with E-state index in [1.54, 1.807) is 38.2 Å². The van der Waals surface area contributed by atoms with Crippen LogP contribution in [0, 0.1) is 11.8 Å². The molecule has 0 bridgehead atoms. The number of ether oxygens (including phenoxy) is 3. The molecule has 10 nitrogen and oxygen atoms in total. The summed E-state index contributed by atoms with van der Waals surface area (Å²) in [5.74, 6) is -3.38. The Kier molecular flexibility index (Phi) is 9.51. The average Bonchev–Trinajstić information content (AvgIpc) is 3.00. The largest absolute Gasteiger partial charge is 0.485 e. The molecule has 0 saturated heterocycles. The fourth-order valence-electron chi connectivity index (χ4n) is 3.23. The molecule has 2 rings (SSSR count). The zero-order valence-electron chi connectivity index (χ0n) is 19.8. The lowest BCUT2D eigenvalue weighted by atomic mass is 10.1. The highest BCUT2D eigenvalue weighted by atomic mass is 16.5. The van der Waals surface area contributed by atoms with Crippen LogP contribution in [0.3, 0.4) is 0 Å². The summed E-state index contributed by atoms with van der Waals surface area (Å²) in [7, 11) is 2.54. The van der Waals surface area contributed by atoms with Gasteiger partial charge in [0.05, 0.1) is 31.6 Å². The van der Waals surface area contributed by atoms with Gasteiger partial charge in [0, 0.05) is 18.0 Å². The number of aromatic nitrogens is 1. The van der Waals surface area contributed by atoms with E-state index in [9.17, 15) is 29.1 Å². The lowest BCUT2D eigenvalue weighted by Crippen LogP contribution is -2.17. The first-order valence-corrected chi connectivity index (χ1v) is 10.7. The van der Waals surface area contributed by atoms with Crippen LogP contribution in [0.5, 0.6) is 5.75 Å². The number of nitrogens with zero attached hydrogens (tertiary/aromatic N) is 1. The highest BCUT2D eigenvalue weighted by Gasteiger charge is 2.15. The van der Waals surface area contributed by atoms with Gasteiger partial charge in [0.25, 0.3) is 0 Å². The molecular weight excluding hydrogens is 458 g/mol. The first-order valence-electron chi connectivity index (χ1n) is 10.7. The van der Waals surface area contributed by atoms with Crippen molar-refractivity contribution in [2.24, 2.45) is 11.8 Å². The second-order valence-electron chi connectivity index (χ2n) is 7.61. The molecule has 0 spiro atoms. The summed E-state index contributed by atoms with van der Waals surface area (Å²) < 4.78 is 16.2. The zero-order chi connectivity index (χ0) is 26.1. The third-order valence-electron chi connectivity index (χ3n) is 5.14. The monoisotopic (exact) mass is 485 g/mol. The van der Waals surface area contributed by atoms with Crippen molar-refractivity contribution < 1.29 is 33.7 Å². The van der Waals surface area contributed by atoms with Crippen LogP contribution in [-0.4, -0.2) is 48.4 Å². The second kappa shape index (κ2) is 12.3. The van der Waals surface area contributed by atoms with Crippen LogP contribution in [0.1, 0.15) is 24.3 Å². The normalized spacial score (nSPS) is 13.0. The van der Waals surface area contributed by atoms with E-state index in [0.29, 0.717) is 0 Å². The molecule has 0 aliphatic heterocycles. The van der Waals surface area contributed by atoms with Gasteiger partial charge in [-0.2, -0.15) is 0 Å². The number of aromatic carboxylic acids is 1. The Bertz CT molecular complexity index is 1290. The number of esters is 2. The Morgan fingerprint density at radius 1 is 0.943 bits per heavy atom. The summed E-state index contributed by atoms with van der Waals surface area (Å²) in [6.45, 7) is 3.23. The zero-order valence-corrected chi connectivity index (χ0v) is 19.8. The molecule has 35 heavy (non-hydrogen) atoms. The number of fused-ring (bicyclic) bond motifs is 1. The van der Waals surface area contributed by atoms with Gasteiger partial charge >= 0.3 is 17.9 Å². The van der Waals surface area contributed by atoms with Crippen molar-refractivity contribution in [3.8, 4) is 5.75 Å². The Morgan fingerprint density at radius 3 is 2.11 bits per heavy atom. The number of allylic oxidation sites excluding steroid dienone is 1. The second-order valence-corrected chi connectivity index (χ2v) is 7.61. The van der Waals surface area contributed by atoms with Crippen molar-refractivity contribution >= 4 is 28.8 Å². The Balaban J connectivity index is 2.48. The van der Waals surface area contributed by atoms with Crippen LogP contribution in [0.15, 0.2) is 58.2 Å². The number of carbonyl (C=O) groups is 3. The van der Waals surface area contributed by atoms with E-state index in [1.807, 2.05) is 0 Å². The smallest absolute Gasteiger partial charge is 0.352 e. The Hall–Kier alpha value is -4.21. The summed E-state index contributed by atoms with van der Waals surface area (Å²) in [4.78, 5) is 60.1. The SMILES string of the molecule is COC(=O)C(C)/C=C/COc1cc2c(=O)cc(C(=O)O)n(C/C=C/C(C)C(=O)OC)c2ccc1=O. The predicted octanol–water partition coefficient (Wildman–Crippen LogP) is 2.17. The average molecular weight is 485 g/mol. The third-order valence-corrected chi connectivity index (χ3v) is 5.14. The van der Waals surface area contributed by atoms with Gasteiger partial charge in [-0.05, 0) is 32.0 Å². The number of rotatable bonds is 10. The van der Waals surface area contributed by atoms with E-state index in [0.717, 1.165) is 6.07 Å². The maximum atomic E-state index is 12.7. The van der Waals surface area contributed by atoms with Gasteiger partial charge in [0.1, 0.15) is 12.3 Å². The minimum Gasteiger partial charge on any atom is -0.485 e. The number of carboxylic acids is 1. The van der Waals surface area contributed by atoms with Crippen molar-refractivity contribution in [3.63, 3.8) is 0 Å². The quantitative estimate of drug-likeness (QED) is 0.396. The van der Waals surface area contributed by atoms with E-state index >= 15 is 0 Å². The maximum Gasteiger partial charge on any atom is 0.352 e. The van der Waals surface area contributed by atoms with Crippen LogP contribution in [-0.2, 0) is 25.6 Å². The summed E-state index contributed by atoms with van der Waals surface area (Å²) in [6, 6.07) is 4.76. The maximum absolute atomic E-state index is 12.7. The van der Waals surface area contributed by atoms with Gasteiger partial charge < -0.3 is 23.9 Å². The lowest BCUT2D eigenvalue weighted by Gasteiger charge is -2.12. The van der Waals surface area contributed by atoms with Gasteiger partial charge in [-0.3, -0.25) is 19.2 Å². The van der Waals surface area contributed by atoms with Gasteiger partial charge in [-0.25, -0.2) is 4.79 Å². The summed E-state index contributed by atoms with van der Waals surface area (Å²) in [5, 5.41) is 9.69. The number of carboxylic acid groups (broad SMARTS) is 1. The summed E-state index contributed by atoms with van der Waals surface area (Å²) >= 11 is 0. The molecule has 1 aromatic heterocycles. The Labute approximate surface area is 201 Å². The number of hydrogen-bond donors (Lipinski definition) is 1. The van der Waals surface area contributed by atoms with E-state index in [4.69, 9.17) is 4.74 Å². The molecule has 0 saturated carbocycles. The highest BCUT2D eigenvalue weighted by molar-refractivity contribution is 5.90. The first kappa shape index (κ1) is 27.0. The molecule has 1 N–H and O–H groups in total. The van der Waals surface area contributed by atoms with Crippen LogP contribution in [0.25, 0.3) is 10.9 Å². The van der Waals surface area contributed by atoms with Crippen LogP contribution in [0.4, 0.5) is 0 Å². The summed E-state index contributed by atoms with van der Waals surface area (Å²) in [5.41, 5.74) is -1.20. The molecule has 0 aliphatic carbocycles. The minimum atomic E-state index is -1.33. The number of hydrogen-bond acceptors (Lipinski definition) is 8. The van der Waals surface area contributed by atoms with Crippen molar-refractivity contribution in [1.82, 2.24) is 4.57 Å². The fraction of sp³-hybridized carbons (Fsp3) is 0.320. The molecule has 0 amide bonds.